The van der Waals surface area contributed by atoms with Gasteiger partial charge in [-0.25, -0.2) is 14.3 Å². The fourth-order valence-corrected chi connectivity index (χ4v) is 3.49. The van der Waals surface area contributed by atoms with Crippen LogP contribution in [0.3, 0.4) is 0 Å². The Morgan fingerprint density at radius 3 is 2.34 bits per heavy atom. The van der Waals surface area contributed by atoms with E-state index in [4.69, 9.17) is 14.2 Å². The molecular weight excluding hydrogens is 414 g/mol. The molecule has 0 spiro atoms. The average Bonchev–Trinajstić information content (AvgIpc) is 3.44. The third-order valence-corrected chi connectivity index (χ3v) is 5.36. The van der Waals surface area contributed by atoms with E-state index in [1.165, 1.54) is 14.2 Å². The minimum absolute atomic E-state index is 0.0322. The fourth-order valence-electron chi connectivity index (χ4n) is 3.49. The second-order valence-corrected chi connectivity index (χ2v) is 7.15. The summed E-state index contributed by atoms with van der Waals surface area (Å²) in [6.07, 6.45) is 3.66. The van der Waals surface area contributed by atoms with Crippen LogP contribution >= 0.6 is 0 Å². The predicted octanol–water partition coefficient (Wildman–Crippen LogP) is 1.98. The number of carbonyl (C=O) groups is 2. The van der Waals surface area contributed by atoms with Gasteiger partial charge in [-0.3, -0.25) is 4.68 Å². The van der Waals surface area contributed by atoms with Gasteiger partial charge in [-0.05, 0) is 37.3 Å². The van der Waals surface area contributed by atoms with Crippen LogP contribution < -0.4 is 4.90 Å². The van der Waals surface area contributed by atoms with Crippen LogP contribution in [0.5, 0.6) is 0 Å². The summed E-state index contributed by atoms with van der Waals surface area (Å²) < 4.78 is 18.8. The summed E-state index contributed by atoms with van der Waals surface area (Å²) >= 11 is 0. The lowest BCUT2D eigenvalue weighted by atomic mass is 10.1. The predicted molar refractivity (Wildman–Crippen MR) is 115 cm³/mol. The molecule has 166 valence electrons. The number of ether oxygens (including phenoxy) is 3. The van der Waals surface area contributed by atoms with Gasteiger partial charge in [-0.15, -0.1) is 0 Å². The molecule has 0 N–H and O–H groups in total. The lowest BCUT2D eigenvalue weighted by molar-refractivity contribution is -0.140. The standard InChI is InChI=1S/C22H23N5O5/c1-14-17(11-23-25(14)2)19-9-10-27(24-19)16-7-5-15(6-8-16)26-13-32-12-18(21(28)30-3)20(26)22(29)31-4/h5-11H,12-13H2,1-4H3. The fraction of sp³-hybridized carbons (Fsp3) is 0.273. The number of methoxy groups -OCH3 is 2. The van der Waals surface area contributed by atoms with Gasteiger partial charge in [-0.2, -0.15) is 10.2 Å². The monoisotopic (exact) mass is 437 g/mol. The maximum atomic E-state index is 12.4. The van der Waals surface area contributed by atoms with Crippen molar-refractivity contribution in [3.8, 4) is 16.9 Å². The second kappa shape index (κ2) is 8.67. The third-order valence-electron chi connectivity index (χ3n) is 5.36. The van der Waals surface area contributed by atoms with Crippen LogP contribution in [0, 0.1) is 6.92 Å². The Morgan fingerprint density at radius 1 is 1.03 bits per heavy atom. The van der Waals surface area contributed by atoms with Crippen molar-refractivity contribution in [3.05, 3.63) is 59.7 Å². The highest BCUT2D eigenvalue weighted by atomic mass is 16.5. The molecule has 0 bridgehead atoms. The Kier molecular flexibility index (Phi) is 5.78. The number of aromatic nitrogens is 4. The van der Waals surface area contributed by atoms with Crippen LogP contribution in [-0.2, 0) is 30.8 Å². The lowest BCUT2D eigenvalue weighted by Crippen LogP contribution is -2.38. The zero-order chi connectivity index (χ0) is 22.8. The van der Waals surface area contributed by atoms with E-state index >= 15 is 0 Å². The molecule has 1 aromatic carbocycles. The number of benzene rings is 1. The van der Waals surface area contributed by atoms with E-state index in [2.05, 4.69) is 10.2 Å². The molecule has 4 rings (SSSR count). The van der Waals surface area contributed by atoms with Crippen LogP contribution in [-0.4, -0.2) is 59.1 Å². The van der Waals surface area contributed by atoms with Crippen LogP contribution in [0.15, 0.2) is 54.0 Å². The van der Waals surface area contributed by atoms with E-state index in [0.717, 1.165) is 22.6 Å². The number of anilines is 1. The highest BCUT2D eigenvalue weighted by Gasteiger charge is 2.32. The molecule has 0 amide bonds. The molecule has 3 aromatic rings. The molecule has 10 nitrogen and oxygen atoms in total. The van der Waals surface area contributed by atoms with E-state index in [9.17, 15) is 9.59 Å². The molecule has 1 aliphatic heterocycles. The van der Waals surface area contributed by atoms with E-state index in [1.807, 2.05) is 50.5 Å². The molecule has 0 saturated carbocycles. The first-order chi connectivity index (χ1) is 15.4. The highest BCUT2D eigenvalue weighted by Crippen LogP contribution is 2.28. The van der Waals surface area contributed by atoms with Gasteiger partial charge in [0, 0.05) is 30.2 Å². The Bertz CT molecular complexity index is 1190. The number of nitrogens with zero attached hydrogens (tertiary/aromatic N) is 5. The molecule has 0 radical (unpaired) electrons. The SMILES string of the molecule is COC(=O)C1=C(C(=O)OC)N(c2ccc(-n3ccc(-c4cnn(C)c4C)n3)cc2)COC1. The van der Waals surface area contributed by atoms with Crippen molar-refractivity contribution in [1.29, 1.82) is 0 Å². The van der Waals surface area contributed by atoms with Crippen molar-refractivity contribution >= 4 is 17.6 Å². The van der Waals surface area contributed by atoms with Gasteiger partial charge in [0.1, 0.15) is 12.4 Å². The molecule has 2 aromatic heterocycles. The largest absolute Gasteiger partial charge is 0.466 e. The number of hydrogen-bond acceptors (Lipinski definition) is 8. The molecule has 0 fully saturated rings. The van der Waals surface area contributed by atoms with E-state index in [0.29, 0.717) is 5.69 Å². The summed E-state index contributed by atoms with van der Waals surface area (Å²) in [7, 11) is 4.41. The number of carbonyl (C=O) groups excluding carboxylic acids is 2. The van der Waals surface area contributed by atoms with Crippen molar-refractivity contribution in [2.45, 2.75) is 6.92 Å². The van der Waals surface area contributed by atoms with Crippen LogP contribution in [0.4, 0.5) is 5.69 Å². The summed E-state index contributed by atoms with van der Waals surface area (Å²) in [6.45, 7) is 2.05. The lowest BCUT2D eigenvalue weighted by Gasteiger charge is -2.31. The van der Waals surface area contributed by atoms with Crippen molar-refractivity contribution in [2.24, 2.45) is 7.05 Å². The van der Waals surface area contributed by atoms with Crippen LogP contribution in [0.2, 0.25) is 0 Å². The smallest absolute Gasteiger partial charge is 0.355 e. The van der Waals surface area contributed by atoms with Gasteiger partial charge in [0.15, 0.2) is 0 Å². The molecule has 3 heterocycles. The molecular formula is C22H23N5O5. The minimum Gasteiger partial charge on any atom is -0.466 e. The molecule has 0 aliphatic carbocycles. The first-order valence-electron chi connectivity index (χ1n) is 9.84. The van der Waals surface area contributed by atoms with Crippen molar-refractivity contribution in [1.82, 2.24) is 19.6 Å². The maximum Gasteiger partial charge on any atom is 0.355 e. The van der Waals surface area contributed by atoms with Crippen molar-refractivity contribution < 1.29 is 23.8 Å². The summed E-state index contributed by atoms with van der Waals surface area (Å²) in [4.78, 5) is 26.2. The summed E-state index contributed by atoms with van der Waals surface area (Å²) in [5.41, 5.74) is 4.52. The summed E-state index contributed by atoms with van der Waals surface area (Å²) in [5.74, 6) is -1.28. The minimum atomic E-state index is -0.638. The normalized spacial score (nSPS) is 13.9. The first kappa shape index (κ1) is 21.3. The first-order valence-corrected chi connectivity index (χ1v) is 9.84. The molecule has 0 saturated heterocycles. The van der Waals surface area contributed by atoms with Gasteiger partial charge in [0.2, 0.25) is 0 Å². The zero-order valence-corrected chi connectivity index (χ0v) is 18.2. The van der Waals surface area contributed by atoms with E-state index in [-0.39, 0.29) is 24.6 Å². The Hall–Kier alpha value is -3.92. The Morgan fingerprint density at radius 2 is 1.72 bits per heavy atom. The third kappa shape index (κ3) is 3.76. The zero-order valence-electron chi connectivity index (χ0n) is 18.2. The van der Waals surface area contributed by atoms with E-state index < -0.39 is 11.9 Å². The quantitative estimate of drug-likeness (QED) is 0.559. The number of hydrogen-bond donors (Lipinski definition) is 0. The molecule has 1 aliphatic rings. The molecule has 10 heteroatoms. The van der Waals surface area contributed by atoms with Gasteiger partial charge in [0.25, 0.3) is 0 Å². The highest BCUT2D eigenvalue weighted by molar-refractivity contribution is 6.03. The Labute approximate surface area is 184 Å². The topological polar surface area (TPSA) is 101 Å². The molecule has 32 heavy (non-hydrogen) atoms. The number of aryl methyl sites for hydroxylation is 1. The molecule has 0 unspecified atom stereocenters. The maximum absolute atomic E-state index is 12.4. The Balaban J connectivity index is 1.64. The van der Waals surface area contributed by atoms with Crippen molar-refractivity contribution in [2.75, 3.05) is 32.5 Å². The van der Waals surface area contributed by atoms with Gasteiger partial charge >= 0.3 is 11.9 Å². The summed E-state index contributed by atoms with van der Waals surface area (Å²) in [5, 5.41) is 8.92. The molecule has 0 atom stereocenters. The van der Waals surface area contributed by atoms with Crippen LogP contribution in [0.1, 0.15) is 5.69 Å². The van der Waals surface area contributed by atoms with Crippen LogP contribution in [0.25, 0.3) is 16.9 Å². The van der Waals surface area contributed by atoms with Crippen molar-refractivity contribution in [3.63, 3.8) is 0 Å². The van der Waals surface area contributed by atoms with Gasteiger partial charge in [0.05, 0.1) is 44.0 Å². The average molecular weight is 437 g/mol. The number of rotatable bonds is 5. The van der Waals surface area contributed by atoms with Gasteiger partial charge in [-0.1, -0.05) is 0 Å². The van der Waals surface area contributed by atoms with E-state index in [1.54, 1.807) is 20.5 Å². The second-order valence-electron chi connectivity index (χ2n) is 7.15. The summed E-state index contributed by atoms with van der Waals surface area (Å²) in [6, 6.07) is 9.29. The van der Waals surface area contributed by atoms with Gasteiger partial charge < -0.3 is 19.1 Å². The number of esters is 2.